The van der Waals surface area contributed by atoms with E-state index in [0.29, 0.717) is 11.5 Å². The Kier molecular flexibility index (Phi) is 6.94. The fourth-order valence-electron chi connectivity index (χ4n) is 1.17. The average molecular weight is 235 g/mol. The molecule has 0 aliphatic rings. The third-order valence-corrected chi connectivity index (χ3v) is 4.37. The maximum Gasteiger partial charge on any atom is 0.416 e. The Morgan fingerprint density at radius 1 is 1.33 bits per heavy atom. The molecular formula is C9H17NO4S. The van der Waals surface area contributed by atoms with E-state index in [1.807, 2.05) is 13.8 Å². The number of nitro groups is 1. The van der Waals surface area contributed by atoms with Crippen molar-refractivity contribution in [2.45, 2.75) is 26.7 Å². The van der Waals surface area contributed by atoms with Crippen molar-refractivity contribution >= 4 is 21.4 Å². The molecule has 0 fully saturated rings. The Morgan fingerprint density at radius 3 is 2.07 bits per heavy atom. The van der Waals surface area contributed by atoms with Crippen LogP contribution in [0, 0.1) is 10.1 Å². The molecule has 0 heterocycles. The summed E-state index contributed by atoms with van der Waals surface area (Å²) in [4.78, 5) is 21.1. The number of rotatable bonds is 4. The molecule has 0 aromatic heterocycles. The van der Waals surface area contributed by atoms with Crippen molar-refractivity contribution in [1.29, 1.82) is 0 Å². The van der Waals surface area contributed by atoms with Gasteiger partial charge in [0.25, 0.3) is 0 Å². The van der Waals surface area contributed by atoms with Gasteiger partial charge in [0.15, 0.2) is 0 Å². The zero-order chi connectivity index (χ0) is 11.8. The standard InChI is InChI=1S/C9H17NO4S/c1-4-6-15(7-5-2)8(10(12)13)9(11)14-3/h4-7H2,1-3H3. The van der Waals surface area contributed by atoms with Gasteiger partial charge in [-0.15, -0.1) is 10.5 Å². The molecule has 0 saturated heterocycles. The Balaban J connectivity index is 5.13. The number of methoxy groups -OCH3 is 1. The summed E-state index contributed by atoms with van der Waals surface area (Å²) in [5, 5.41) is 10.8. The third-order valence-electron chi connectivity index (χ3n) is 1.70. The molecule has 0 saturated carbocycles. The second kappa shape index (κ2) is 7.39. The van der Waals surface area contributed by atoms with Gasteiger partial charge in [-0.3, -0.25) is 10.1 Å². The van der Waals surface area contributed by atoms with Crippen molar-refractivity contribution < 1.29 is 14.5 Å². The fraction of sp³-hybridized carbons (Fsp3) is 0.778. The minimum Gasteiger partial charge on any atom is -0.460 e. The zero-order valence-electron chi connectivity index (χ0n) is 9.32. The lowest BCUT2D eigenvalue weighted by Gasteiger charge is -2.06. The number of esters is 1. The Morgan fingerprint density at radius 2 is 1.80 bits per heavy atom. The SMILES string of the molecule is CCCS(CCC)=C(C(=O)OC)[N+](=O)[O-]. The van der Waals surface area contributed by atoms with Crippen LogP contribution in [0.3, 0.4) is 0 Å². The van der Waals surface area contributed by atoms with Crippen molar-refractivity contribution in [1.82, 2.24) is 0 Å². The van der Waals surface area contributed by atoms with Crippen molar-refractivity contribution in [3.8, 4) is 0 Å². The highest BCUT2D eigenvalue weighted by atomic mass is 32.2. The Bertz CT molecular complexity index is 267. The molecule has 5 nitrogen and oxygen atoms in total. The lowest BCUT2D eigenvalue weighted by molar-refractivity contribution is -0.345. The molecule has 0 bridgehead atoms. The highest BCUT2D eigenvalue weighted by Crippen LogP contribution is 2.19. The van der Waals surface area contributed by atoms with Crippen LogP contribution in [0.4, 0.5) is 0 Å². The molecule has 0 unspecified atom stereocenters. The number of hydrogen-bond donors (Lipinski definition) is 0. The third kappa shape index (κ3) is 4.42. The molecule has 0 N–H and O–H groups in total. The van der Waals surface area contributed by atoms with Gasteiger partial charge in [-0.25, -0.2) is 4.79 Å². The quantitative estimate of drug-likeness (QED) is 0.321. The summed E-state index contributed by atoms with van der Waals surface area (Å²) in [6, 6.07) is 0. The van der Waals surface area contributed by atoms with E-state index >= 15 is 0 Å². The van der Waals surface area contributed by atoms with Crippen LogP contribution in [0.5, 0.6) is 0 Å². The van der Waals surface area contributed by atoms with Gasteiger partial charge in [0.1, 0.15) is 0 Å². The zero-order valence-corrected chi connectivity index (χ0v) is 10.1. The first-order valence-electron chi connectivity index (χ1n) is 4.85. The molecule has 15 heavy (non-hydrogen) atoms. The number of hydrogen-bond acceptors (Lipinski definition) is 4. The van der Waals surface area contributed by atoms with Crippen molar-refractivity contribution in [2.24, 2.45) is 0 Å². The molecule has 6 heteroatoms. The van der Waals surface area contributed by atoms with E-state index in [1.54, 1.807) is 0 Å². The number of carbonyl (C=O) groups is 1. The van der Waals surface area contributed by atoms with Gasteiger partial charge >= 0.3 is 11.0 Å². The molecule has 0 rings (SSSR count). The molecule has 0 spiro atoms. The predicted molar refractivity (Wildman–Crippen MR) is 61.9 cm³/mol. The summed E-state index contributed by atoms with van der Waals surface area (Å²) < 4.78 is 4.44. The smallest absolute Gasteiger partial charge is 0.416 e. The Labute approximate surface area is 91.9 Å². The summed E-state index contributed by atoms with van der Waals surface area (Å²) in [6.45, 7) is 3.90. The summed E-state index contributed by atoms with van der Waals surface area (Å²) >= 11 is 0. The van der Waals surface area contributed by atoms with Gasteiger partial charge in [-0.1, -0.05) is 13.8 Å². The topological polar surface area (TPSA) is 69.4 Å². The van der Waals surface area contributed by atoms with Crippen LogP contribution in [-0.2, 0) is 9.53 Å². The summed E-state index contributed by atoms with van der Waals surface area (Å²) in [7, 11) is 0.593. The fourth-order valence-corrected chi connectivity index (χ4v) is 3.28. The second-order valence-corrected chi connectivity index (χ2v) is 5.14. The van der Waals surface area contributed by atoms with Gasteiger partial charge in [0, 0.05) is 0 Å². The molecule has 0 aliphatic heterocycles. The first kappa shape index (κ1) is 14.1. The van der Waals surface area contributed by atoms with Gasteiger partial charge in [0.05, 0.1) is 12.0 Å². The van der Waals surface area contributed by atoms with Crippen LogP contribution in [-0.4, -0.2) is 34.5 Å². The van der Waals surface area contributed by atoms with E-state index in [1.165, 1.54) is 7.11 Å². The number of carbonyl (C=O) groups excluding carboxylic acids is 1. The highest BCUT2D eigenvalue weighted by molar-refractivity contribution is 8.16. The largest absolute Gasteiger partial charge is 0.460 e. The van der Waals surface area contributed by atoms with Crippen molar-refractivity contribution in [3.05, 3.63) is 10.1 Å². The second-order valence-electron chi connectivity index (χ2n) is 2.95. The van der Waals surface area contributed by atoms with Gasteiger partial charge < -0.3 is 4.74 Å². The van der Waals surface area contributed by atoms with E-state index in [4.69, 9.17) is 0 Å². The van der Waals surface area contributed by atoms with E-state index in [0.717, 1.165) is 12.8 Å². The van der Waals surface area contributed by atoms with Crippen molar-refractivity contribution in [2.75, 3.05) is 18.6 Å². The summed E-state index contributed by atoms with van der Waals surface area (Å²) in [5.74, 6) is 0.559. The molecule has 0 atom stereocenters. The van der Waals surface area contributed by atoms with Crippen LogP contribution in [0.25, 0.3) is 0 Å². The maximum absolute atomic E-state index is 11.3. The van der Waals surface area contributed by atoms with Crippen LogP contribution in [0.15, 0.2) is 0 Å². The first-order valence-corrected chi connectivity index (χ1v) is 6.41. The van der Waals surface area contributed by atoms with E-state index in [-0.39, 0.29) is 4.99 Å². The average Bonchev–Trinajstić information content (AvgIpc) is 2.18. The van der Waals surface area contributed by atoms with Crippen LogP contribution in [0.2, 0.25) is 0 Å². The molecule has 0 amide bonds. The molecule has 0 aliphatic carbocycles. The monoisotopic (exact) mass is 235 g/mol. The summed E-state index contributed by atoms with van der Waals surface area (Å²) in [5.41, 5.74) is 0. The number of ether oxygens (including phenoxy) is 1. The summed E-state index contributed by atoms with van der Waals surface area (Å²) in [6.07, 6.45) is 1.66. The predicted octanol–water partition coefficient (Wildman–Crippen LogP) is 1.65. The maximum atomic E-state index is 11.3. The first-order chi connectivity index (χ1) is 7.08. The van der Waals surface area contributed by atoms with Gasteiger partial charge in [-0.2, -0.15) is 0 Å². The van der Waals surface area contributed by atoms with Crippen LogP contribution < -0.4 is 0 Å². The van der Waals surface area contributed by atoms with E-state index < -0.39 is 21.4 Å². The normalized spacial score (nSPS) is 10.1. The van der Waals surface area contributed by atoms with Gasteiger partial charge in [-0.05, 0) is 24.3 Å². The molecule has 88 valence electrons. The number of nitrogens with zero attached hydrogens (tertiary/aromatic N) is 1. The lowest BCUT2D eigenvalue weighted by Crippen LogP contribution is -2.25. The molecule has 0 radical (unpaired) electrons. The van der Waals surface area contributed by atoms with Crippen molar-refractivity contribution in [3.63, 3.8) is 0 Å². The molecular weight excluding hydrogens is 218 g/mol. The highest BCUT2D eigenvalue weighted by Gasteiger charge is 2.26. The Hall–Kier alpha value is -0.910. The van der Waals surface area contributed by atoms with Gasteiger partial charge in [0.2, 0.25) is 0 Å². The lowest BCUT2D eigenvalue weighted by atomic mass is 10.6. The minimum atomic E-state index is -0.801. The van der Waals surface area contributed by atoms with E-state index in [2.05, 4.69) is 4.74 Å². The minimum absolute atomic E-state index is 0.277. The molecule has 0 aromatic carbocycles. The van der Waals surface area contributed by atoms with Crippen LogP contribution in [0.1, 0.15) is 26.7 Å². The van der Waals surface area contributed by atoms with E-state index in [9.17, 15) is 14.9 Å². The molecule has 0 aromatic rings. The van der Waals surface area contributed by atoms with Crippen LogP contribution >= 0.6 is 10.5 Å².